The Morgan fingerprint density at radius 2 is 1.90 bits per heavy atom. The summed E-state index contributed by atoms with van der Waals surface area (Å²) in [5, 5.41) is 20.5. The Morgan fingerprint density at radius 1 is 1.22 bits per heavy atom. The van der Waals surface area contributed by atoms with Gasteiger partial charge in [-0.2, -0.15) is 13.2 Å². The minimum Gasteiger partial charge on any atom is -0.508 e. The van der Waals surface area contributed by atoms with Gasteiger partial charge in [0.25, 0.3) is 0 Å². The van der Waals surface area contributed by atoms with Crippen molar-refractivity contribution in [2.24, 2.45) is 16.5 Å². The Labute approximate surface area is 239 Å². The number of nitrogens with one attached hydrogen (secondary N) is 2. The number of benzene rings is 2. The van der Waals surface area contributed by atoms with Gasteiger partial charge in [0.1, 0.15) is 17.4 Å². The molecule has 2 aromatic rings. The molecule has 2 amide bonds. The maximum absolute atomic E-state index is 14.3. The predicted molar refractivity (Wildman–Crippen MR) is 149 cm³/mol. The Kier molecular flexibility index (Phi) is 10.2. The van der Waals surface area contributed by atoms with Crippen molar-refractivity contribution < 1.29 is 27.5 Å². The average molecular weight is 596 g/mol. The van der Waals surface area contributed by atoms with E-state index in [9.17, 15) is 27.5 Å². The lowest BCUT2D eigenvalue weighted by Gasteiger charge is -2.32. The highest BCUT2D eigenvalue weighted by Crippen LogP contribution is 2.24. The highest BCUT2D eigenvalue weighted by Gasteiger charge is 2.31. The molecule has 2 aromatic carbocycles. The van der Waals surface area contributed by atoms with Crippen LogP contribution in [0.4, 0.5) is 22.4 Å². The number of aromatic hydroxyl groups is 1. The van der Waals surface area contributed by atoms with Crippen LogP contribution in [-0.2, 0) is 6.54 Å². The van der Waals surface area contributed by atoms with Gasteiger partial charge in [-0.3, -0.25) is 15.3 Å². The first-order valence-electron chi connectivity index (χ1n) is 12.4. The third-order valence-corrected chi connectivity index (χ3v) is 6.66. The summed E-state index contributed by atoms with van der Waals surface area (Å²) in [7, 11) is 0. The molecule has 1 aliphatic rings. The van der Waals surface area contributed by atoms with Gasteiger partial charge in [0.2, 0.25) is 0 Å². The van der Waals surface area contributed by atoms with Gasteiger partial charge in [-0.15, -0.1) is 0 Å². The van der Waals surface area contributed by atoms with E-state index in [1.807, 2.05) is 0 Å². The summed E-state index contributed by atoms with van der Waals surface area (Å²) >= 11 is 6.13. The number of phenols is 1. The van der Waals surface area contributed by atoms with Crippen LogP contribution in [0.3, 0.4) is 0 Å². The molecule has 1 heterocycles. The maximum atomic E-state index is 14.3. The zero-order valence-electron chi connectivity index (χ0n) is 21.9. The zero-order valence-corrected chi connectivity index (χ0v) is 22.7. The van der Waals surface area contributed by atoms with Crippen LogP contribution in [0.2, 0.25) is 5.02 Å². The third kappa shape index (κ3) is 8.61. The second kappa shape index (κ2) is 13.4. The maximum Gasteiger partial charge on any atom is 0.390 e. The molecule has 1 saturated heterocycles. The van der Waals surface area contributed by atoms with Crippen LogP contribution in [0.25, 0.3) is 0 Å². The molecule has 220 valence electrons. The van der Waals surface area contributed by atoms with Gasteiger partial charge in [0.15, 0.2) is 0 Å². The summed E-state index contributed by atoms with van der Waals surface area (Å²) in [5.41, 5.74) is 13.7. The number of hydrogen-bond acceptors (Lipinski definition) is 7. The topological polar surface area (TPSA) is 144 Å². The number of aliphatic imine (C=N–C) groups is 1. The molecular formula is C27H30ClF4N7O2. The normalized spacial score (nSPS) is 15.9. The molecule has 14 heteroatoms. The molecule has 1 fully saturated rings. The molecule has 0 aromatic heterocycles. The molecule has 1 aliphatic heterocycles. The number of nitrogens with two attached hydrogens (primary N) is 2. The van der Waals surface area contributed by atoms with Crippen molar-refractivity contribution in [3.05, 3.63) is 88.1 Å². The van der Waals surface area contributed by atoms with Crippen LogP contribution < -0.4 is 16.8 Å². The summed E-state index contributed by atoms with van der Waals surface area (Å²) < 4.78 is 53.2. The lowest BCUT2D eigenvalue weighted by molar-refractivity contribution is -0.135. The first-order valence-corrected chi connectivity index (χ1v) is 12.8. The van der Waals surface area contributed by atoms with Gasteiger partial charge >= 0.3 is 12.2 Å². The molecule has 9 nitrogen and oxygen atoms in total. The van der Waals surface area contributed by atoms with Crippen LogP contribution in [0.15, 0.2) is 71.1 Å². The standard InChI is InChI=1S/C27H30ClF4N7O2/c1-16(33)38-11-9-19(24(15-38)36-13-20-21(28)3-2-4-22(20)29)23(34)14-37-26(41)39(12-10-27(30,31)32)25(35)17-5-7-18(40)8-6-17/h2-8,35,40H,1,9-15,33-34H2,(H,37,41)/b23-19-,35-25?,36-24?. The quantitative estimate of drug-likeness (QED) is 0.174. The summed E-state index contributed by atoms with van der Waals surface area (Å²) in [6.07, 6.45) is -5.56. The fraction of sp³-hybridized carbons (Fsp3) is 0.296. The number of carbonyl (C=O) groups is 1. The van der Waals surface area contributed by atoms with Gasteiger partial charge in [-0.25, -0.2) is 9.18 Å². The van der Waals surface area contributed by atoms with Gasteiger partial charge in [-0.1, -0.05) is 24.2 Å². The number of alkyl halides is 3. The number of carbonyl (C=O) groups excluding carboxylic acids is 1. The van der Waals surface area contributed by atoms with Crippen molar-refractivity contribution in [2.45, 2.75) is 25.6 Å². The lowest BCUT2D eigenvalue weighted by Crippen LogP contribution is -2.46. The molecular weight excluding hydrogens is 566 g/mol. The number of likely N-dealkylation sites (tertiary alicyclic amines) is 1. The van der Waals surface area contributed by atoms with Crippen molar-refractivity contribution in [3.8, 4) is 5.75 Å². The third-order valence-electron chi connectivity index (χ3n) is 6.31. The Balaban J connectivity index is 1.83. The van der Waals surface area contributed by atoms with Crippen LogP contribution in [-0.4, -0.2) is 64.8 Å². The molecule has 0 saturated carbocycles. The summed E-state index contributed by atoms with van der Waals surface area (Å²) in [6, 6.07) is 8.43. The van der Waals surface area contributed by atoms with E-state index in [1.54, 1.807) is 4.90 Å². The minimum absolute atomic E-state index is 0.0934. The van der Waals surface area contributed by atoms with Crippen LogP contribution in [0.1, 0.15) is 24.0 Å². The van der Waals surface area contributed by atoms with Crippen LogP contribution in [0.5, 0.6) is 5.75 Å². The van der Waals surface area contributed by atoms with E-state index in [-0.39, 0.29) is 47.2 Å². The Bertz CT molecular complexity index is 1340. The summed E-state index contributed by atoms with van der Waals surface area (Å²) in [5.74, 6) is -0.831. The van der Waals surface area contributed by atoms with Gasteiger partial charge in [0.05, 0.1) is 37.6 Å². The Hall–Kier alpha value is -4.26. The molecule has 0 radical (unpaired) electrons. The van der Waals surface area contributed by atoms with Crippen molar-refractivity contribution in [1.82, 2.24) is 15.1 Å². The molecule has 0 atom stereocenters. The number of hydrogen-bond donors (Lipinski definition) is 5. The minimum atomic E-state index is -4.57. The van der Waals surface area contributed by atoms with E-state index in [4.69, 9.17) is 28.5 Å². The van der Waals surface area contributed by atoms with Crippen molar-refractivity contribution in [2.75, 3.05) is 26.2 Å². The molecule has 0 bridgehead atoms. The second-order valence-corrected chi connectivity index (χ2v) is 9.61. The summed E-state index contributed by atoms with van der Waals surface area (Å²) in [6.45, 7) is 3.20. The number of amides is 2. The second-order valence-electron chi connectivity index (χ2n) is 9.20. The Morgan fingerprint density at radius 3 is 2.51 bits per heavy atom. The van der Waals surface area contributed by atoms with Gasteiger partial charge in [0, 0.05) is 34.9 Å². The van der Waals surface area contributed by atoms with Crippen LogP contribution >= 0.6 is 11.6 Å². The number of amidine groups is 1. The van der Waals surface area contributed by atoms with Crippen molar-refractivity contribution in [1.29, 1.82) is 5.41 Å². The number of rotatable bonds is 8. The largest absolute Gasteiger partial charge is 0.508 e. The SMILES string of the molecule is C=C(N)N1CC/C(=C(/N)CNC(=O)N(CCC(F)(F)F)C(=N)c2ccc(O)cc2)C(=NCc2c(F)cccc2Cl)C1. The highest BCUT2D eigenvalue weighted by molar-refractivity contribution is 6.31. The predicted octanol–water partition coefficient (Wildman–Crippen LogP) is 4.46. The van der Waals surface area contributed by atoms with Crippen molar-refractivity contribution in [3.63, 3.8) is 0 Å². The summed E-state index contributed by atoms with van der Waals surface area (Å²) in [4.78, 5) is 19.9. The molecule has 41 heavy (non-hydrogen) atoms. The zero-order chi connectivity index (χ0) is 30.3. The van der Waals surface area contributed by atoms with Gasteiger partial charge < -0.3 is 26.8 Å². The van der Waals surface area contributed by atoms with Crippen LogP contribution in [0, 0.1) is 11.2 Å². The first kappa shape index (κ1) is 31.3. The van der Waals surface area contributed by atoms with E-state index in [1.165, 1.54) is 42.5 Å². The van der Waals surface area contributed by atoms with E-state index >= 15 is 0 Å². The van der Waals surface area contributed by atoms with Crippen molar-refractivity contribution >= 4 is 29.2 Å². The molecule has 7 N–H and O–H groups in total. The molecule has 0 unspecified atom stereocenters. The number of phenolic OH excluding ortho intramolecular Hbond substituents is 1. The number of halogens is 5. The van der Waals surface area contributed by atoms with E-state index in [2.05, 4.69) is 16.9 Å². The fourth-order valence-corrected chi connectivity index (χ4v) is 4.27. The highest BCUT2D eigenvalue weighted by atomic mass is 35.5. The monoisotopic (exact) mass is 595 g/mol. The first-order chi connectivity index (χ1) is 19.3. The number of piperidine rings is 1. The molecule has 0 spiro atoms. The van der Waals surface area contributed by atoms with Gasteiger partial charge in [-0.05, 0) is 48.4 Å². The molecule has 3 rings (SSSR count). The smallest absolute Gasteiger partial charge is 0.390 e. The number of nitrogens with zero attached hydrogens (tertiary/aromatic N) is 3. The fourth-order valence-electron chi connectivity index (χ4n) is 4.04. The average Bonchev–Trinajstić information content (AvgIpc) is 2.91. The number of urea groups is 1. The van der Waals surface area contributed by atoms with E-state index in [0.29, 0.717) is 35.0 Å². The lowest BCUT2D eigenvalue weighted by atomic mass is 9.99. The molecule has 0 aliphatic carbocycles. The van der Waals surface area contributed by atoms with E-state index < -0.39 is 36.8 Å². The van der Waals surface area contributed by atoms with E-state index in [0.717, 1.165) is 0 Å².